The number of halogens is 1. The topological polar surface area (TPSA) is 29.1 Å². The van der Waals surface area contributed by atoms with Crippen LogP contribution < -0.4 is 5.32 Å². The first kappa shape index (κ1) is 13.0. The molecule has 4 bridgehead atoms. The van der Waals surface area contributed by atoms with Gasteiger partial charge in [-0.05, 0) is 62.2 Å². The van der Waals surface area contributed by atoms with Gasteiger partial charge in [-0.1, -0.05) is 29.8 Å². The lowest BCUT2D eigenvalue weighted by Gasteiger charge is -2.57. The van der Waals surface area contributed by atoms with Crippen molar-refractivity contribution in [3.05, 3.63) is 0 Å². The zero-order valence-corrected chi connectivity index (χ0v) is 13.0. The number of alkyl halides is 1. The highest BCUT2D eigenvalue weighted by molar-refractivity contribution is 9.10. The average molecular weight is 314 g/mol. The van der Waals surface area contributed by atoms with Gasteiger partial charge in [0.15, 0.2) is 0 Å². The van der Waals surface area contributed by atoms with Gasteiger partial charge in [-0.2, -0.15) is 0 Å². The Morgan fingerprint density at radius 2 is 1.56 bits per heavy atom. The van der Waals surface area contributed by atoms with E-state index in [1.54, 1.807) is 0 Å². The summed E-state index contributed by atoms with van der Waals surface area (Å²) in [5, 5.41) is 3.42. The largest absolute Gasteiger partial charge is 0.350 e. The van der Waals surface area contributed by atoms with Crippen LogP contribution in [0.1, 0.15) is 52.4 Å². The molecule has 18 heavy (non-hydrogen) atoms. The molecule has 0 aromatic heterocycles. The molecule has 4 rings (SSSR count). The summed E-state index contributed by atoms with van der Waals surface area (Å²) >= 11 is 3.54. The van der Waals surface area contributed by atoms with Crippen LogP contribution in [-0.4, -0.2) is 16.3 Å². The quantitative estimate of drug-likeness (QED) is 0.794. The van der Waals surface area contributed by atoms with Crippen LogP contribution >= 0.6 is 15.9 Å². The number of carbonyl (C=O) groups is 1. The van der Waals surface area contributed by atoms with Crippen molar-refractivity contribution in [3.8, 4) is 0 Å². The Morgan fingerprint density at radius 1 is 1.11 bits per heavy atom. The third kappa shape index (κ3) is 2.23. The van der Waals surface area contributed by atoms with E-state index in [9.17, 15) is 4.79 Å². The van der Waals surface area contributed by atoms with Gasteiger partial charge in [-0.25, -0.2) is 0 Å². The third-order valence-corrected chi connectivity index (χ3v) is 6.74. The number of rotatable bonds is 3. The lowest BCUT2D eigenvalue weighted by atomic mass is 9.53. The van der Waals surface area contributed by atoms with Crippen LogP contribution in [-0.2, 0) is 4.79 Å². The van der Waals surface area contributed by atoms with Gasteiger partial charge in [0.05, 0.1) is 4.83 Å². The fraction of sp³-hybridized carbons (Fsp3) is 0.933. The second-order valence-electron chi connectivity index (χ2n) is 7.33. The van der Waals surface area contributed by atoms with Crippen molar-refractivity contribution < 1.29 is 4.79 Å². The van der Waals surface area contributed by atoms with Crippen LogP contribution in [0.5, 0.6) is 0 Å². The Kier molecular flexibility index (Phi) is 3.24. The molecule has 0 heterocycles. The Hall–Kier alpha value is -0.0500. The van der Waals surface area contributed by atoms with E-state index in [4.69, 9.17) is 0 Å². The van der Waals surface area contributed by atoms with E-state index in [1.165, 1.54) is 38.5 Å². The van der Waals surface area contributed by atoms with Crippen LogP contribution in [0.25, 0.3) is 0 Å². The second kappa shape index (κ2) is 4.50. The number of amides is 1. The number of carbonyl (C=O) groups excluding carboxylic acids is 1. The molecule has 1 atom stereocenters. The number of hydrogen-bond donors (Lipinski definition) is 1. The summed E-state index contributed by atoms with van der Waals surface area (Å²) in [6, 6.07) is 0. The molecule has 0 radical (unpaired) electrons. The first-order valence-electron chi connectivity index (χ1n) is 7.43. The summed E-state index contributed by atoms with van der Waals surface area (Å²) < 4.78 is 0. The first-order valence-corrected chi connectivity index (χ1v) is 8.35. The van der Waals surface area contributed by atoms with Crippen LogP contribution in [0.15, 0.2) is 0 Å². The minimum absolute atomic E-state index is 0.0366. The maximum Gasteiger partial charge on any atom is 0.234 e. The Labute approximate surface area is 118 Å². The van der Waals surface area contributed by atoms with Crippen LogP contribution in [0.2, 0.25) is 0 Å². The number of nitrogens with one attached hydrogen (secondary N) is 1. The molecule has 0 spiro atoms. The molecule has 0 saturated heterocycles. The predicted octanol–water partition coefficient (Wildman–Crippen LogP) is 3.49. The van der Waals surface area contributed by atoms with Crippen molar-refractivity contribution in [2.45, 2.75) is 62.7 Å². The zero-order valence-electron chi connectivity index (χ0n) is 11.4. The molecule has 4 saturated carbocycles. The molecule has 4 aliphatic rings. The van der Waals surface area contributed by atoms with Gasteiger partial charge < -0.3 is 5.32 Å². The predicted molar refractivity (Wildman–Crippen MR) is 76.6 cm³/mol. The molecular formula is C15H24BrNO. The first-order chi connectivity index (χ1) is 8.47. The summed E-state index contributed by atoms with van der Waals surface area (Å²) in [7, 11) is 0. The molecule has 4 fully saturated rings. The normalized spacial score (nSPS) is 43.2. The molecule has 102 valence electrons. The maximum absolute atomic E-state index is 12.3. The van der Waals surface area contributed by atoms with Crippen molar-refractivity contribution in [1.29, 1.82) is 0 Å². The summed E-state index contributed by atoms with van der Waals surface area (Å²) in [5.74, 6) is 3.25. The Balaban J connectivity index is 1.70. The minimum Gasteiger partial charge on any atom is -0.350 e. The monoisotopic (exact) mass is 313 g/mol. The highest BCUT2D eigenvalue weighted by Crippen LogP contribution is 2.55. The van der Waals surface area contributed by atoms with E-state index < -0.39 is 0 Å². The van der Waals surface area contributed by atoms with Gasteiger partial charge in [0.25, 0.3) is 0 Å². The minimum atomic E-state index is -0.0366. The Morgan fingerprint density at radius 3 is 1.94 bits per heavy atom. The van der Waals surface area contributed by atoms with E-state index >= 15 is 0 Å². The SMILES string of the molecule is CC(C)C(Br)C(=O)NC12CC3CC(CC(C3)C1)C2. The number of hydrogen-bond acceptors (Lipinski definition) is 1. The van der Waals surface area contributed by atoms with Crippen molar-refractivity contribution in [1.82, 2.24) is 5.32 Å². The van der Waals surface area contributed by atoms with E-state index in [0.717, 1.165) is 17.8 Å². The standard InChI is InChI=1S/C15H24BrNO/c1-9(2)13(16)14(18)17-15-6-10-3-11(7-15)5-12(4-10)8-15/h9-13H,3-8H2,1-2H3,(H,17,18). The van der Waals surface area contributed by atoms with Crippen molar-refractivity contribution >= 4 is 21.8 Å². The van der Waals surface area contributed by atoms with Gasteiger partial charge >= 0.3 is 0 Å². The average Bonchev–Trinajstić information content (AvgIpc) is 2.24. The van der Waals surface area contributed by atoms with Gasteiger partial charge in [0.1, 0.15) is 0 Å². The molecule has 0 aliphatic heterocycles. The maximum atomic E-state index is 12.3. The summed E-state index contributed by atoms with van der Waals surface area (Å²) in [6.07, 6.45) is 8.00. The highest BCUT2D eigenvalue weighted by atomic mass is 79.9. The molecule has 3 heteroatoms. The van der Waals surface area contributed by atoms with Gasteiger partial charge in [-0.3, -0.25) is 4.79 Å². The van der Waals surface area contributed by atoms with E-state index in [1.807, 2.05) is 0 Å². The van der Waals surface area contributed by atoms with E-state index in [-0.39, 0.29) is 16.3 Å². The molecule has 0 aromatic rings. The smallest absolute Gasteiger partial charge is 0.234 e. The molecule has 1 unspecified atom stereocenters. The second-order valence-corrected chi connectivity index (χ2v) is 8.32. The lowest BCUT2D eigenvalue weighted by molar-refractivity contribution is -0.126. The van der Waals surface area contributed by atoms with Crippen LogP contribution in [0, 0.1) is 23.7 Å². The molecular weight excluding hydrogens is 290 g/mol. The zero-order chi connectivity index (χ0) is 12.9. The van der Waals surface area contributed by atoms with E-state index in [2.05, 4.69) is 35.1 Å². The van der Waals surface area contributed by atoms with Gasteiger partial charge in [0.2, 0.25) is 5.91 Å². The molecule has 2 nitrogen and oxygen atoms in total. The summed E-state index contributed by atoms with van der Waals surface area (Å²) in [4.78, 5) is 12.3. The van der Waals surface area contributed by atoms with Crippen molar-refractivity contribution in [2.24, 2.45) is 23.7 Å². The summed E-state index contributed by atoms with van der Waals surface area (Å²) in [5.41, 5.74) is 0.159. The van der Waals surface area contributed by atoms with Crippen molar-refractivity contribution in [3.63, 3.8) is 0 Å². The fourth-order valence-corrected chi connectivity index (χ4v) is 5.01. The third-order valence-electron chi connectivity index (χ3n) is 5.26. The molecule has 1 N–H and O–H groups in total. The molecule has 0 aromatic carbocycles. The van der Waals surface area contributed by atoms with Gasteiger partial charge in [-0.15, -0.1) is 0 Å². The Bertz CT molecular complexity index is 317. The highest BCUT2D eigenvalue weighted by Gasteiger charge is 2.51. The van der Waals surface area contributed by atoms with Crippen LogP contribution in [0.4, 0.5) is 0 Å². The summed E-state index contributed by atoms with van der Waals surface area (Å²) in [6.45, 7) is 4.19. The molecule has 4 aliphatic carbocycles. The van der Waals surface area contributed by atoms with E-state index in [0.29, 0.717) is 5.92 Å². The lowest BCUT2D eigenvalue weighted by Crippen LogP contribution is -2.61. The fourth-order valence-electron chi connectivity index (χ4n) is 4.90. The van der Waals surface area contributed by atoms with Crippen LogP contribution in [0.3, 0.4) is 0 Å². The van der Waals surface area contributed by atoms with Crippen molar-refractivity contribution in [2.75, 3.05) is 0 Å². The van der Waals surface area contributed by atoms with Gasteiger partial charge in [0, 0.05) is 5.54 Å². The molecule has 1 amide bonds.